The molecule has 2 aliphatic rings. The second kappa shape index (κ2) is 12.1. The average Bonchev–Trinajstić information content (AvgIpc) is 3.67. The molecule has 1 aromatic heterocycles. The van der Waals surface area contributed by atoms with E-state index in [-0.39, 0.29) is 17.4 Å². The van der Waals surface area contributed by atoms with Gasteiger partial charge in [0.1, 0.15) is 29.1 Å². The minimum absolute atomic E-state index is 0.00862. The minimum Gasteiger partial charge on any atom is -0.507 e. The van der Waals surface area contributed by atoms with Crippen molar-refractivity contribution < 1.29 is 28.9 Å². The molecule has 0 saturated carbocycles. The van der Waals surface area contributed by atoms with Gasteiger partial charge in [-0.2, -0.15) is 0 Å². The molecular formula is C34H34N2O6S. The smallest absolute Gasteiger partial charge is 0.301 e. The summed E-state index contributed by atoms with van der Waals surface area (Å²) >= 11 is 1.30. The number of hydrogen-bond donors (Lipinski definition) is 1. The second-order valence-electron chi connectivity index (χ2n) is 10.8. The first-order valence-corrected chi connectivity index (χ1v) is 15.6. The summed E-state index contributed by atoms with van der Waals surface area (Å²) in [7, 11) is 0. The van der Waals surface area contributed by atoms with Gasteiger partial charge in [-0.3, -0.25) is 14.5 Å². The standard InChI is InChI=1S/C34H34N2O6S/c1-4-6-7-15-41-24-10-8-9-21(18-24)30-29(31(37)22-11-14-27-23(17-22)16-20(3)42-27)32(38)33(39)36(30)34-35-26-13-12-25(40-5-2)19-28(26)43-34/h8-14,17-20,30,37H,4-7,15-16H2,1-3H3/t20-,30-/m1/s1. The van der Waals surface area contributed by atoms with Crippen LogP contribution in [0.3, 0.4) is 0 Å². The van der Waals surface area contributed by atoms with E-state index in [2.05, 4.69) is 6.92 Å². The van der Waals surface area contributed by atoms with Crippen molar-refractivity contribution in [2.24, 2.45) is 0 Å². The molecule has 3 aromatic carbocycles. The lowest BCUT2D eigenvalue weighted by atomic mass is 9.94. The number of benzene rings is 3. The van der Waals surface area contributed by atoms with Gasteiger partial charge in [0.2, 0.25) is 0 Å². The van der Waals surface area contributed by atoms with Crippen LogP contribution in [-0.2, 0) is 16.0 Å². The third-order valence-corrected chi connectivity index (χ3v) is 8.69. The maximum absolute atomic E-state index is 13.8. The van der Waals surface area contributed by atoms with E-state index >= 15 is 0 Å². The Bertz CT molecular complexity index is 1730. The van der Waals surface area contributed by atoms with Crippen LogP contribution in [0.5, 0.6) is 17.2 Å². The molecule has 8 nitrogen and oxygen atoms in total. The Labute approximate surface area is 254 Å². The summed E-state index contributed by atoms with van der Waals surface area (Å²) in [6.45, 7) is 7.12. The first-order valence-electron chi connectivity index (χ1n) is 14.7. The van der Waals surface area contributed by atoms with Gasteiger partial charge in [-0.25, -0.2) is 4.98 Å². The van der Waals surface area contributed by atoms with E-state index < -0.39 is 17.7 Å². The number of aliphatic hydroxyl groups is 1. The number of carbonyl (C=O) groups is 2. The van der Waals surface area contributed by atoms with Crippen LogP contribution in [0, 0.1) is 0 Å². The highest BCUT2D eigenvalue weighted by atomic mass is 32.1. The quantitative estimate of drug-likeness (QED) is 0.0891. The Morgan fingerprint density at radius 1 is 1.05 bits per heavy atom. The molecule has 4 aromatic rings. The summed E-state index contributed by atoms with van der Waals surface area (Å²) in [4.78, 5) is 33.6. The van der Waals surface area contributed by atoms with E-state index in [1.165, 1.54) is 16.2 Å². The lowest BCUT2D eigenvalue weighted by Gasteiger charge is -2.23. The Kier molecular flexibility index (Phi) is 8.08. The molecule has 1 N–H and O–H groups in total. The summed E-state index contributed by atoms with van der Waals surface area (Å²) in [6, 6.07) is 17.4. The number of anilines is 1. The molecule has 2 atom stereocenters. The van der Waals surface area contributed by atoms with Crippen molar-refractivity contribution in [2.45, 2.75) is 58.6 Å². The summed E-state index contributed by atoms with van der Waals surface area (Å²) in [5.41, 5.74) is 2.73. The van der Waals surface area contributed by atoms with E-state index in [1.807, 2.05) is 62.4 Å². The van der Waals surface area contributed by atoms with Crippen molar-refractivity contribution in [1.29, 1.82) is 0 Å². The van der Waals surface area contributed by atoms with Gasteiger partial charge in [-0.15, -0.1) is 0 Å². The van der Waals surface area contributed by atoms with E-state index in [0.29, 0.717) is 52.9 Å². The predicted molar refractivity (Wildman–Crippen MR) is 167 cm³/mol. The Balaban J connectivity index is 1.46. The number of ether oxygens (including phenoxy) is 3. The molecule has 3 heterocycles. The van der Waals surface area contributed by atoms with E-state index in [4.69, 9.17) is 19.2 Å². The number of unbranched alkanes of at least 4 members (excludes halogenated alkanes) is 2. The van der Waals surface area contributed by atoms with Crippen LogP contribution in [-0.4, -0.2) is 41.1 Å². The molecule has 1 fully saturated rings. The second-order valence-corrected chi connectivity index (χ2v) is 11.8. The molecule has 1 saturated heterocycles. The largest absolute Gasteiger partial charge is 0.507 e. The van der Waals surface area contributed by atoms with Gasteiger partial charge in [-0.1, -0.05) is 43.2 Å². The zero-order chi connectivity index (χ0) is 30.1. The van der Waals surface area contributed by atoms with Gasteiger partial charge in [-0.05, 0) is 79.9 Å². The number of aromatic nitrogens is 1. The lowest BCUT2D eigenvalue weighted by Crippen LogP contribution is -2.29. The number of Topliss-reactive ketones (excluding diaryl/α,β-unsaturated/α-hetero) is 1. The summed E-state index contributed by atoms with van der Waals surface area (Å²) in [5.74, 6) is 0.344. The summed E-state index contributed by atoms with van der Waals surface area (Å²) < 4.78 is 18.3. The molecule has 0 unspecified atom stereocenters. The van der Waals surface area contributed by atoms with Gasteiger partial charge in [0.15, 0.2) is 5.13 Å². The zero-order valence-electron chi connectivity index (χ0n) is 24.5. The molecule has 6 rings (SSSR count). The Hall–Kier alpha value is -4.37. The van der Waals surface area contributed by atoms with Gasteiger partial charge < -0.3 is 19.3 Å². The molecule has 0 aliphatic carbocycles. The molecule has 0 bridgehead atoms. The molecular weight excluding hydrogens is 564 g/mol. The Morgan fingerprint density at radius 2 is 1.88 bits per heavy atom. The molecule has 222 valence electrons. The fraction of sp³-hybridized carbons (Fsp3) is 0.324. The number of carbonyl (C=O) groups excluding carboxylic acids is 2. The van der Waals surface area contributed by atoms with Crippen molar-refractivity contribution in [2.75, 3.05) is 18.1 Å². The number of amides is 1. The first kappa shape index (κ1) is 28.7. The topological polar surface area (TPSA) is 98.2 Å². The lowest BCUT2D eigenvalue weighted by molar-refractivity contribution is -0.132. The third-order valence-electron chi connectivity index (χ3n) is 7.67. The van der Waals surface area contributed by atoms with E-state index in [0.717, 1.165) is 35.3 Å². The van der Waals surface area contributed by atoms with Crippen LogP contribution in [0.2, 0.25) is 0 Å². The number of fused-ring (bicyclic) bond motifs is 2. The van der Waals surface area contributed by atoms with Crippen LogP contribution in [0.25, 0.3) is 16.0 Å². The SMILES string of the molecule is CCCCCOc1cccc([C@@H]2C(=C(O)c3ccc4c(c3)C[C@@H](C)O4)C(=O)C(=O)N2c2nc3ccc(OCC)cc3s2)c1. The van der Waals surface area contributed by atoms with E-state index in [1.54, 1.807) is 12.1 Å². The fourth-order valence-corrected chi connectivity index (χ4v) is 6.66. The van der Waals surface area contributed by atoms with E-state index in [9.17, 15) is 14.7 Å². The van der Waals surface area contributed by atoms with Crippen molar-refractivity contribution in [3.05, 3.63) is 82.9 Å². The van der Waals surface area contributed by atoms with Crippen molar-refractivity contribution in [3.8, 4) is 17.2 Å². The molecule has 2 aliphatic heterocycles. The maximum atomic E-state index is 13.8. The van der Waals surface area contributed by atoms with Crippen LogP contribution >= 0.6 is 11.3 Å². The van der Waals surface area contributed by atoms with Crippen LogP contribution in [0.15, 0.2) is 66.2 Å². The summed E-state index contributed by atoms with van der Waals surface area (Å²) in [6.07, 6.45) is 3.80. The van der Waals surface area contributed by atoms with Gasteiger partial charge in [0, 0.05) is 12.0 Å². The Morgan fingerprint density at radius 3 is 2.70 bits per heavy atom. The highest BCUT2D eigenvalue weighted by Gasteiger charge is 2.48. The molecule has 1 amide bonds. The third kappa shape index (κ3) is 5.57. The molecule has 0 radical (unpaired) electrons. The highest BCUT2D eigenvalue weighted by molar-refractivity contribution is 7.22. The number of hydrogen-bond acceptors (Lipinski definition) is 8. The zero-order valence-corrected chi connectivity index (χ0v) is 25.3. The van der Waals surface area contributed by atoms with Gasteiger partial charge in [0.25, 0.3) is 5.78 Å². The van der Waals surface area contributed by atoms with Crippen LogP contribution in [0.1, 0.15) is 62.8 Å². The van der Waals surface area contributed by atoms with Crippen LogP contribution < -0.4 is 19.1 Å². The normalized spacial score (nSPS) is 19.1. The number of thiazole rings is 1. The van der Waals surface area contributed by atoms with Crippen molar-refractivity contribution in [3.63, 3.8) is 0 Å². The van der Waals surface area contributed by atoms with Crippen molar-refractivity contribution in [1.82, 2.24) is 4.98 Å². The van der Waals surface area contributed by atoms with Gasteiger partial charge >= 0.3 is 5.91 Å². The molecule has 9 heteroatoms. The maximum Gasteiger partial charge on any atom is 0.301 e. The highest BCUT2D eigenvalue weighted by Crippen LogP contribution is 2.45. The van der Waals surface area contributed by atoms with Gasteiger partial charge in [0.05, 0.1) is 35.0 Å². The monoisotopic (exact) mass is 598 g/mol. The minimum atomic E-state index is -0.908. The molecule has 0 spiro atoms. The average molecular weight is 599 g/mol. The number of ketones is 1. The summed E-state index contributed by atoms with van der Waals surface area (Å²) in [5, 5.41) is 12.0. The van der Waals surface area contributed by atoms with Crippen molar-refractivity contribution >= 4 is 44.1 Å². The number of aliphatic hydroxyl groups excluding tert-OH is 1. The number of nitrogens with zero attached hydrogens (tertiary/aromatic N) is 2. The predicted octanol–water partition coefficient (Wildman–Crippen LogP) is 7.21. The number of rotatable bonds is 10. The molecule has 43 heavy (non-hydrogen) atoms. The first-order chi connectivity index (χ1) is 20.9. The fourth-order valence-electron chi connectivity index (χ4n) is 5.64. The van der Waals surface area contributed by atoms with Crippen LogP contribution in [0.4, 0.5) is 5.13 Å².